The fourth-order valence-electron chi connectivity index (χ4n) is 3.90. The molecule has 0 saturated heterocycles. The molecule has 0 fully saturated rings. The quantitative estimate of drug-likeness (QED) is 0.405. The second-order valence-electron chi connectivity index (χ2n) is 8.39. The van der Waals surface area contributed by atoms with Crippen molar-refractivity contribution in [1.29, 1.82) is 0 Å². The summed E-state index contributed by atoms with van der Waals surface area (Å²) in [5.41, 5.74) is 3.12. The van der Waals surface area contributed by atoms with Crippen LogP contribution in [0.5, 0.6) is 17.2 Å². The zero-order valence-corrected chi connectivity index (χ0v) is 21.9. The molecule has 9 heteroatoms. The molecular weight excluding hydrogens is 482 g/mol. The van der Waals surface area contributed by atoms with E-state index in [4.69, 9.17) is 14.2 Å². The third-order valence-corrected chi connectivity index (χ3v) is 7.72. The van der Waals surface area contributed by atoms with Crippen LogP contribution in [0.4, 0.5) is 0 Å². The predicted molar refractivity (Wildman–Crippen MR) is 136 cm³/mol. The number of ether oxygens (including phenoxy) is 3. The molecule has 192 valence electrons. The van der Waals surface area contributed by atoms with Gasteiger partial charge in [-0.05, 0) is 72.9 Å². The molecular formula is C27H31NO7S. The molecule has 1 N–H and O–H groups in total. The van der Waals surface area contributed by atoms with E-state index in [1.54, 1.807) is 64.5 Å². The Bertz CT molecular complexity index is 1330. The van der Waals surface area contributed by atoms with E-state index in [0.717, 1.165) is 11.1 Å². The maximum Gasteiger partial charge on any atom is 0.337 e. The lowest BCUT2D eigenvalue weighted by Crippen LogP contribution is -2.33. The molecule has 3 rings (SSSR count). The number of carbonyl (C=O) groups excluding carboxylic acids is 1. The van der Waals surface area contributed by atoms with Crippen LogP contribution < -0.4 is 9.47 Å². The molecule has 0 aliphatic rings. The van der Waals surface area contributed by atoms with Gasteiger partial charge < -0.3 is 19.3 Å². The average molecular weight is 514 g/mol. The van der Waals surface area contributed by atoms with Gasteiger partial charge in [0.05, 0.1) is 26.9 Å². The standard InChI is InChI=1S/C27H31NO7S/c1-18-14-19(2)26(29)25(15-18)36(31,32)28(17-21-6-9-22(10-7-21)27(30)35-5)13-12-20-8-11-23(33-3)24(16-20)34-4/h6-11,14-16,29H,12-13,17H2,1-5H3. The Kier molecular flexibility index (Phi) is 8.60. The van der Waals surface area contributed by atoms with Crippen LogP contribution in [0, 0.1) is 13.8 Å². The molecule has 0 spiro atoms. The number of rotatable bonds is 10. The van der Waals surface area contributed by atoms with Crippen LogP contribution >= 0.6 is 0 Å². The smallest absolute Gasteiger partial charge is 0.337 e. The number of aryl methyl sites for hydroxylation is 2. The first-order valence-electron chi connectivity index (χ1n) is 11.3. The molecule has 0 radical (unpaired) electrons. The van der Waals surface area contributed by atoms with Crippen molar-refractivity contribution >= 4 is 16.0 Å². The summed E-state index contributed by atoms with van der Waals surface area (Å²) < 4.78 is 44.3. The first kappa shape index (κ1) is 27.0. The van der Waals surface area contributed by atoms with Crippen molar-refractivity contribution in [3.8, 4) is 17.2 Å². The van der Waals surface area contributed by atoms with E-state index in [1.807, 2.05) is 12.1 Å². The molecule has 0 amide bonds. The molecule has 3 aromatic carbocycles. The summed E-state index contributed by atoms with van der Waals surface area (Å²) in [4.78, 5) is 11.6. The Morgan fingerprint density at radius 2 is 1.53 bits per heavy atom. The molecule has 0 saturated carbocycles. The largest absolute Gasteiger partial charge is 0.506 e. The molecule has 0 aliphatic carbocycles. The number of hydrogen-bond acceptors (Lipinski definition) is 7. The van der Waals surface area contributed by atoms with Crippen LogP contribution in [0.3, 0.4) is 0 Å². The summed E-state index contributed by atoms with van der Waals surface area (Å²) in [5.74, 6) is 0.392. The number of aromatic hydroxyl groups is 1. The van der Waals surface area contributed by atoms with Gasteiger partial charge in [-0.1, -0.05) is 24.3 Å². The van der Waals surface area contributed by atoms with E-state index in [-0.39, 0.29) is 23.7 Å². The summed E-state index contributed by atoms with van der Waals surface area (Å²) in [6, 6.07) is 15.2. The number of benzene rings is 3. The van der Waals surface area contributed by atoms with Gasteiger partial charge in [-0.2, -0.15) is 4.31 Å². The predicted octanol–water partition coefficient (Wildman–Crippen LogP) is 4.25. The third kappa shape index (κ3) is 5.98. The van der Waals surface area contributed by atoms with Crippen molar-refractivity contribution < 1.29 is 32.5 Å². The highest BCUT2D eigenvalue weighted by Crippen LogP contribution is 2.32. The summed E-state index contributed by atoms with van der Waals surface area (Å²) in [6.07, 6.45) is 0.394. The third-order valence-electron chi connectivity index (χ3n) is 5.86. The number of esters is 1. The van der Waals surface area contributed by atoms with Crippen molar-refractivity contribution in [2.24, 2.45) is 0 Å². The molecule has 0 unspecified atom stereocenters. The second-order valence-corrected chi connectivity index (χ2v) is 10.3. The van der Waals surface area contributed by atoms with Crippen LogP contribution in [0.15, 0.2) is 59.5 Å². The van der Waals surface area contributed by atoms with Crippen molar-refractivity contribution in [3.63, 3.8) is 0 Å². The molecule has 3 aromatic rings. The van der Waals surface area contributed by atoms with Gasteiger partial charge in [-0.15, -0.1) is 0 Å². The summed E-state index contributed by atoms with van der Waals surface area (Å²) in [5, 5.41) is 10.6. The van der Waals surface area contributed by atoms with Crippen LogP contribution in [0.2, 0.25) is 0 Å². The van der Waals surface area contributed by atoms with Gasteiger partial charge in [-0.25, -0.2) is 13.2 Å². The maximum atomic E-state index is 13.8. The lowest BCUT2D eigenvalue weighted by atomic mass is 10.1. The lowest BCUT2D eigenvalue weighted by molar-refractivity contribution is 0.0600. The zero-order chi connectivity index (χ0) is 26.5. The molecule has 36 heavy (non-hydrogen) atoms. The molecule has 0 atom stereocenters. The average Bonchev–Trinajstić information content (AvgIpc) is 2.88. The Hall–Kier alpha value is -3.56. The normalized spacial score (nSPS) is 11.4. The van der Waals surface area contributed by atoms with Gasteiger partial charge in [0.15, 0.2) is 11.5 Å². The minimum Gasteiger partial charge on any atom is -0.506 e. The van der Waals surface area contributed by atoms with E-state index >= 15 is 0 Å². The lowest BCUT2D eigenvalue weighted by Gasteiger charge is -2.24. The Balaban J connectivity index is 1.97. The number of nitrogens with zero attached hydrogens (tertiary/aromatic N) is 1. The maximum absolute atomic E-state index is 13.8. The minimum absolute atomic E-state index is 0.0451. The first-order chi connectivity index (χ1) is 17.1. The van der Waals surface area contributed by atoms with Gasteiger partial charge in [-0.3, -0.25) is 0 Å². The first-order valence-corrected chi connectivity index (χ1v) is 12.7. The highest BCUT2D eigenvalue weighted by Gasteiger charge is 2.28. The number of hydrogen-bond donors (Lipinski definition) is 1. The second kappa shape index (κ2) is 11.5. The molecule has 0 bridgehead atoms. The van der Waals surface area contributed by atoms with E-state index in [0.29, 0.717) is 34.6 Å². The van der Waals surface area contributed by atoms with Gasteiger partial charge in [0.25, 0.3) is 0 Å². The fraction of sp³-hybridized carbons (Fsp3) is 0.296. The molecule has 0 heterocycles. The van der Waals surface area contributed by atoms with E-state index in [1.165, 1.54) is 17.5 Å². The Labute approximate surface area is 212 Å². The SMILES string of the molecule is COC(=O)c1ccc(CN(CCc2ccc(OC)c(OC)c2)S(=O)(=O)c2cc(C)cc(C)c2O)cc1. The van der Waals surface area contributed by atoms with Gasteiger partial charge in [0, 0.05) is 13.1 Å². The van der Waals surface area contributed by atoms with Crippen LogP contribution in [0.1, 0.15) is 32.6 Å². The number of methoxy groups -OCH3 is 3. The molecule has 8 nitrogen and oxygen atoms in total. The molecule has 0 aliphatic heterocycles. The summed E-state index contributed by atoms with van der Waals surface area (Å²) in [6.45, 7) is 3.64. The van der Waals surface area contributed by atoms with Crippen molar-refractivity contribution in [2.75, 3.05) is 27.9 Å². The topological polar surface area (TPSA) is 102 Å². The Morgan fingerprint density at radius 3 is 2.14 bits per heavy atom. The highest BCUT2D eigenvalue weighted by atomic mass is 32.2. The van der Waals surface area contributed by atoms with Crippen LogP contribution in [-0.4, -0.2) is 51.7 Å². The molecule has 0 aromatic heterocycles. The number of sulfonamides is 1. The number of phenolic OH excluding ortho intramolecular Hbond substituents is 1. The van der Waals surface area contributed by atoms with Crippen LogP contribution in [0.25, 0.3) is 0 Å². The fourth-order valence-corrected chi connectivity index (χ4v) is 5.57. The van der Waals surface area contributed by atoms with E-state index in [9.17, 15) is 18.3 Å². The minimum atomic E-state index is -4.07. The zero-order valence-electron chi connectivity index (χ0n) is 21.1. The van der Waals surface area contributed by atoms with E-state index < -0.39 is 16.0 Å². The number of carbonyl (C=O) groups is 1. The van der Waals surface area contributed by atoms with Crippen molar-refractivity contribution in [1.82, 2.24) is 4.31 Å². The van der Waals surface area contributed by atoms with Crippen LogP contribution in [-0.2, 0) is 27.7 Å². The summed E-state index contributed by atoms with van der Waals surface area (Å²) >= 11 is 0. The van der Waals surface area contributed by atoms with E-state index in [2.05, 4.69) is 0 Å². The van der Waals surface area contributed by atoms with Gasteiger partial charge >= 0.3 is 5.97 Å². The van der Waals surface area contributed by atoms with Crippen molar-refractivity contribution in [2.45, 2.75) is 31.7 Å². The highest BCUT2D eigenvalue weighted by molar-refractivity contribution is 7.89. The summed E-state index contributed by atoms with van der Waals surface area (Å²) in [7, 11) is 0.322. The Morgan fingerprint density at radius 1 is 0.889 bits per heavy atom. The number of phenols is 1. The monoisotopic (exact) mass is 513 g/mol. The van der Waals surface area contributed by atoms with Gasteiger partial charge in [0.2, 0.25) is 10.0 Å². The van der Waals surface area contributed by atoms with Gasteiger partial charge in [0.1, 0.15) is 10.6 Å². The van der Waals surface area contributed by atoms with Crippen molar-refractivity contribution in [3.05, 3.63) is 82.4 Å².